The quantitative estimate of drug-likeness (QED) is 0.570. The largest absolute Gasteiger partial charge is 0.506 e. The molecule has 1 unspecified atom stereocenters. The second-order valence-corrected chi connectivity index (χ2v) is 6.44. The fourth-order valence-corrected chi connectivity index (χ4v) is 3.07. The third-order valence-corrected chi connectivity index (χ3v) is 4.59. The molecule has 25 heavy (non-hydrogen) atoms. The molecule has 0 bridgehead atoms. The van der Waals surface area contributed by atoms with Crippen molar-refractivity contribution in [3.05, 3.63) is 82.9 Å². The maximum Gasteiger partial charge on any atom is 0.143 e. The summed E-state index contributed by atoms with van der Waals surface area (Å²) in [6.07, 6.45) is 0. The average Bonchev–Trinajstić information content (AvgIpc) is 3.05. The van der Waals surface area contributed by atoms with Crippen LogP contribution in [-0.2, 0) is 0 Å². The van der Waals surface area contributed by atoms with Gasteiger partial charge in [-0.2, -0.15) is 0 Å². The summed E-state index contributed by atoms with van der Waals surface area (Å²) in [6.45, 7) is 2.14. The first-order chi connectivity index (χ1) is 12.1. The number of aromatic hydroxyl groups is 1. The molecule has 124 valence electrons. The zero-order valence-electron chi connectivity index (χ0n) is 13.6. The average molecular weight is 350 g/mol. The summed E-state index contributed by atoms with van der Waals surface area (Å²) in [4.78, 5) is 1.46. The molecule has 0 radical (unpaired) electrons. The van der Waals surface area contributed by atoms with Crippen molar-refractivity contribution in [1.82, 2.24) is 15.0 Å². The fourth-order valence-electron chi connectivity index (χ4n) is 2.90. The number of rotatable bonds is 3. The fraction of sp³-hybridized carbons (Fsp3) is 0.100. The number of hydrogen-bond acceptors (Lipinski definition) is 3. The van der Waals surface area contributed by atoms with Gasteiger partial charge in [-0.3, -0.25) is 0 Å². The summed E-state index contributed by atoms with van der Waals surface area (Å²) in [5.41, 5.74) is 4.26. The van der Waals surface area contributed by atoms with Crippen LogP contribution >= 0.6 is 11.6 Å². The molecule has 5 heteroatoms. The molecule has 4 rings (SSSR count). The van der Waals surface area contributed by atoms with E-state index in [2.05, 4.69) is 29.3 Å². The van der Waals surface area contributed by atoms with Gasteiger partial charge >= 0.3 is 0 Å². The van der Waals surface area contributed by atoms with E-state index in [1.54, 1.807) is 18.2 Å². The van der Waals surface area contributed by atoms with Crippen LogP contribution in [0.5, 0.6) is 5.75 Å². The monoisotopic (exact) mass is 349 g/mol. The summed E-state index contributed by atoms with van der Waals surface area (Å²) in [5.74, 6) is 0.329. The van der Waals surface area contributed by atoms with Crippen molar-refractivity contribution < 1.29 is 5.11 Å². The first-order valence-electron chi connectivity index (χ1n) is 8.02. The second-order valence-electron chi connectivity index (χ2n) is 6.00. The van der Waals surface area contributed by atoms with E-state index in [0.717, 1.165) is 11.1 Å². The van der Waals surface area contributed by atoms with E-state index >= 15 is 0 Å². The summed E-state index contributed by atoms with van der Waals surface area (Å²) in [7, 11) is 0. The van der Waals surface area contributed by atoms with Crippen LogP contribution in [-0.4, -0.2) is 20.1 Å². The summed E-state index contributed by atoms with van der Waals surface area (Å²) < 4.78 is 0. The maximum atomic E-state index is 10.3. The van der Waals surface area contributed by atoms with Crippen molar-refractivity contribution in [2.24, 2.45) is 0 Å². The van der Waals surface area contributed by atoms with Crippen LogP contribution in [0.2, 0.25) is 5.02 Å². The highest BCUT2D eigenvalue weighted by Crippen LogP contribution is 2.30. The third-order valence-electron chi connectivity index (χ3n) is 4.36. The van der Waals surface area contributed by atoms with Gasteiger partial charge in [0.15, 0.2) is 0 Å². The van der Waals surface area contributed by atoms with Crippen LogP contribution in [0.25, 0.3) is 16.7 Å². The van der Waals surface area contributed by atoms with Crippen molar-refractivity contribution >= 4 is 22.6 Å². The Hall–Kier alpha value is -2.85. The molecule has 3 aromatic carbocycles. The van der Waals surface area contributed by atoms with E-state index in [-0.39, 0.29) is 11.7 Å². The lowest BCUT2D eigenvalue weighted by Gasteiger charge is -2.14. The second kappa shape index (κ2) is 6.22. The molecule has 0 fully saturated rings. The van der Waals surface area contributed by atoms with Crippen LogP contribution in [0.3, 0.4) is 0 Å². The molecule has 1 atom stereocenters. The minimum Gasteiger partial charge on any atom is -0.506 e. The lowest BCUT2D eigenvalue weighted by molar-refractivity contribution is 0.467. The number of phenols is 1. The summed E-state index contributed by atoms with van der Waals surface area (Å²) in [5, 5.41) is 19.8. The predicted molar refractivity (Wildman–Crippen MR) is 99.5 cm³/mol. The van der Waals surface area contributed by atoms with Gasteiger partial charge in [-0.1, -0.05) is 54.9 Å². The number of phenolic OH excluding ortho intramolecular Hbond substituents is 1. The zero-order chi connectivity index (χ0) is 17.4. The zero-order valence-corrected chi connectivity index (χ0v) is 14.4. The molecule has 4 aromatic rings. The molecular formula is C20H16ClN3O. The number of nitrogens with zero attached hydrogens (tertiary/aromatic N) is 3. The van der Waals surface area contributed by atoms with Gasteiger partial charge in [-0.15, -0.1) is 15.0 Å². The lowest BCUT2D eigenvalue weighted by Crippen LogP contribution is -2.02. The molecule has 1 N–H and O–H groups in total. The van der Waals surface area contributed by atoms with Crippen LogP contribution in [0, 0.1) is 0 Å². The molecule has 1 aromatic heterocycles. The van der Waals surface area contributed by atoms with Crippen LogP contribution in [0.1, 0.15) is 24.0 Å². The minimum atomic E-state index is 0.135. The Labute approximate surface area is 150 Å². The third kappa shape index (κ3) is 2.96. The topological polar surface area (TPSA) is 50.9 Å². The highest BCUT2D eigenvalue weighted by Gasteiger charge is 2.14. The highest BCUT2D eigenvalue weighted by molar-refractivity contribution is 6.31. The van der Waals surface area contributed by atoms with E-state index in [4.69, 9.17) is 11.6 Å². The van der Waals surface area contributed by atoms with E-state index in [9.17, 15) is 5.11 Å². The molecule has 0 saturated carbocycles. The van der Waals surface area contributed by atoms with Crippen molar-refractivity contribution in [3.63, 3.8) is 0 Å². The van der Waals surface area contributed by atoms with Gasteiger partial charge < -0.3 is 5.11 Å². The molecule has 0 aliphatic carbocycles. The standard InChI is InChI=1S/C20H16ClN3O/c1-13(14-5-3-2-4-6-14)15-7-10-20(25)19(11-15)24-22-17-9-8-16(21)12-18(17)23-24/h2-13,25H,1H3. The highest BCUT2D eigenvalue weighted by atomic mass is 35.5. The van der Waals surface area contributed by atoms with Crippen LogP contribution in [0.15, 0.2) is 66.7 Å². The van der Waals surface area contributed by atoms with Crippen molar-refractivity contribution in [2.45, 2.75) is 12.8 Å². The smallest absolute Gasteiger partial charge is 0.143 e. The number of fused-ring (bicyclic) bond motifs is 1. The van der Waals surface area contributed by atoms with Crippen molar-refractivity contribution in [1.29, 1.82) is 0 Å². The number of benzene rings is 3. The van der Waals surface area contributed by atoms with Crippen molar-refractivity contribution in [2.75, 3.05) is 0 Å². The Morgan fingerprint density at radius 2 is 1.64 bits per heavy atom. The van der Waals surface area contributed by atoms with Gasteiger partial charge in [-0.05, 0) is 41.5 Å². The molecule has 0 saturated heterocycles. The first-order valence-corrected chi connectivity index (χ1v) is 8.40. The number of halogens is 1. The molecule has 0 amide bonds. The minimum absolute atomic E-state index is 0.135. The van der Waals surface area contributed by atoms with Gasteiger partial charge in [-0.25, -0.2) is 0 Å². The van der Waals surface area contributed by atoms with E-state index in [0.29, 0.717) is 16.2 Å². The summed E-state index contributed by atoms with van der Waals surface area (Å²) in [6, 6.07) is 21.1. The SMILES string of the molecule is CC(c1ccccc1)c1ccc(O)c(-n2nc3ccc(Cl)cc3n2)c1. The molecule has 0 spiro atoms. The Bertz CT molecular complexity index is 1040. The number of aromatic nitrogens is 3. The lowest BCUT2D eigenvalue weighted by atomic mass is 9.93. The molecule has 1 heterocycles. The van der Waals surface area contributed by atoms with Gasteiger partial charge in [0.05, 0.1) is 0 Å². The number of hydrogen-bond donors (Lipinski definition) is 1. The Balaban J connectivity index is 1.79. The maximum absolute atomic E-state index is 10.3. The molecular weight excluding hydrogens is 334 g/mol. The van der Waals surface area contributed by atoms with E-state index in [1.165, 1.54) is 10.4 Å². The molecule has 0 aliphatic rings. The van der Waals surface area contributed by atoms with E-state index in [1.807, 2.05) is 36.4 Å². The Morgan fingerprint density at radius 1 is 0.880 bits per heavy atom. The van der Waals surface area contributed by atoms with Gasteiger partial charge in [0, 0.05) is 10.9 Å². The molecule has 0 aliphatic heterocycles. The van der Waals surface area contributed by atoms with Gasteiger partial charge in [0.25, 0.3) is 0 Å². The normalized spacial score (nSPS) is 12.4. The van der Waals surface area contributed by atoms with Crippen molar-refractivity contribution in [3.8, 4) is 11.4 Å². The van der Waals surface area contributed by atoms with Gasteiger partial charge in [0.1, 0.15) is 22.5 Å². The summed E-state index contributed by atoms with van der Waals surface area (Å²) >= 11 is 6.01. The molecule has 4 nitrogen and oxygen atoms in total. The Kier molecular flexibility index (Phi) is 3.90. The van der Waals surface area contributed by atoms with Gasteiger partial charge in [0.2, 0.25) is 0 Å². The van der Waals surface area contributed by atoms with Crippen LogP contribution in [0.4, 0.5) is 0 Å². The first kappa shape index (κ1) is 15.7. The Morgan fingerprint density at radius 3 is 2.44 bits per heavy atom. The van der Waals surface area contributed by atoms with E-state index < -0.39 is 0 Å². The van der Waals surface area contributed by atoms with Crippen LogP contribution < -0.4 is 0 Å². The predicted octanol–water partition coefficient (Wildman–Crippen LogP) is 4.93.